The fraction of sp³-hybridized carbons (Fsp3) is 0.400. The molecule has 1 N–H and O–H groups in total. The Morgan fingerprint density at radius 2 is 2.10 bits per heavy atom. The fourth-order valence-corrected chi connectivity index (χ4v) is 2.30. The van der Waals surface area contributed by atoms with Gasteiger partial charge in [0.1, 0.15) is 5.82 Å². The lowest BCUT2D eigenvalue weighted by atomic mass is 10.0. The van der Waals surface area contributed by atoms with Crippen LogP contribution in [-0.2, 0) is 6.54 Å². The molecule has 0 amide bonds. The van der Waals surface area contributed by atoms with Gasteiger partial charge < -0.3 is 9.88 Å². The summed E-state index contributed by atoms with van der Waals surface area (Å²) in [6, 6.07) is 3.79. The Bertz CT molecular complexity index is 566. The second-order valence-electron chi connectivity index (χ2n) is 4.61. The Morgan fingerprint density at radius 1 is 1.30 bits per heavy atom. The predicted molar refractivity (Wildman–Crippen MR) is 74.4 cm³/mol. The van der Waals surface area contributed by atoms with Gasteiger partial charge in [0, 0.05) is 24.5 Å². The Morgan fingerprint density at radius 3 is 2.80 bits per heavy atom. The molecule has 0 aliphatic rings. The highest BCUT2D eigenvalue weighted by molar-refractivity contribution is 5.28. The van der Waals surface area contributed by atoms with Gasteiger partial charge in [-0.15, -0.1) is 0 Å². The van der Waals surface area contributed by atoms with E-state index in [0.717, 1.165) is 19.0 Å². The zero-order valence-corrected chi connectivity index (χ0v) is 11.7. The van der Waals surface area contributed by atoms with Crippen LogP contribution in [0.2, 0.25) is 0 Å². The summed E-state index contributed by atoms with van der Waals surface area (Å²) in [6.07, 6.45) is 4.50. The quantitative estimate of drug-likeness (QED) is 0.879. The van der Waals surface area contributed by atoms with Gasteiger partial charge in [0.05, 0.1) is 6.04 Å². The van der Waals surface area contributed by atoms with Crippen molar-refractivity contribution in [2.45, 2.75) is 32.9 Å². The predicted octanol–water partition coefficient (Wildman–Crippen LogP) is 3.27. The molecular formula is C15H19F2N3. The van der Waals surface area contributed by atoms with Gasteiger partial charge in [0.25, 0.3) is 0 Å². The molecule has 0 fully saturated rings. The van der Waals surface area contributed by atoms with Crippen molar-refractivity contribution in [2.75, 3.05) is 6.54 Å². The minimum atomic E-state index is -0.834. The third-order valence-electron chi connectivity index (χ3n) is 3.17. The van der Waals surface area contributed by atoms with Crippen LogP contribution in [0.15, 0.2) is 30.6 Å². The molecule has 1 heterocycles. The first kappa shape index (κ1) is 14.7. The largest absolute Gasteiger partial charge is 0.333 e. The average Bonchev–Trinajstić information content (AvgIpc) is 2.88. The van der Waals surface area contributed by atoms with Crippen molar-refractivity contribution in [3.05, 3.63) is 53.6 Å². The van der Waals surface area contributed by atoms with Gasteiger partial charge in [-0.2, -0.15) is 0 Å². The van der Waals surface area contributed by atoms with E-state index in [0.29, 0.717) is 12.4 Å². The summed E-state index contributed by atoms with van der Waals surface area (Å²) in [5.74, 6) is -0.943. The highest BCUT2D eigenvalue weighted by atomic mass is 19.2. The minimum absolute atomic E-state index is 0.287. The van der Waals surface area contributed by atoms with E-state index >= 15 is 0 Å². The number of hydrogen-bond acceptors (Lipinski definition) is 2. The molecule has 0 bridgehead atoms. The molecule has 0 saturated carbocycles. The number of rotatable bonds is 6. The van der Waals surface area contributed by atoms with Gasteiger partial charge in [-0.1, -0.05) is 26.0 Å². The van der Waals surface area contributed by atoms with Crippen molar-refractivity contribution in [3.8, 4) is 0 Å². The number of aryl methyl sites for hydroxylation is 1. The summed E-state index contributed by atoms with van der Waals surface area (Å²) in [4.78, 5) is 4.31. The lowest BCUT2D eigenvalue weighted by Crippen LogP contribution is -2.26. The lowest BCUT2D eigenvalue weighted by molar-refractivity contribution is 0.470. The Labute approximate surface area is 117 Å². The van der Waals surface area contributed by atoms with Crippen LogP contribution < -0.4 is 5.32 Å². The van der Waals surface area contributed by atoms with E-state index < -0.39 is 17.7 Å². The molecule has 2 aromatic rings. The summed E-state index contributed by atoms with van der Waals surface area (Å²) in [5, 5.41) is 3.18. The molecule has 1 atom stereocenters. The minimum Gasteiger partial charge on any atom is -0.333 e. The number of imidazole rings is 1. The van der Waals surface area contributed by atoms with Crippen LogP contribution in [0.4, 0.5) is 8.78 Å². The molecule has 1 aromatic heterocycles. The van der Waals surface area contributed by atoms with Crippen LogP contribution in [-0.4, -0.2) is 16.1 Å². The fourth-order valence-electron chi connectivity index (χ4n) is 2.30. The standard InChI is InChI=1S/C15H19F2N3/c1-3-9-20-10-8-19-15(20)14(18-4-2)11-6-5-7-12(16)13(11)17/h5-8,10,14,18H,3-4,9H2,1-2H3. The zero-order valence-electron chi connectivity index (χ0n) is 11.7. The molecule has 1 unspecified atom stereocenters. The number of aromatic nitrogens is 2. The number of hydrogen-bond donors (Lipinski definition) is 1. The molecule has 0 saturated heterocycles. The second-order valence-corrected chi connectivity index (χ2v) is 4.61. The van der Waals surface area contributed by atoms with Crippen LogP contribution in [0.5, 0.6) is 0 Å². The maximum atomic E-state index is 14.0. The van der Waals surface area contributed by atoms with Gasteiger partial charge in [-0.25, -0.2) is 13.8 Å². The van der Waals surface area contributed by atoms with Crippen molar-refractivity contribution >= 4 is 0 Å². The molecule has 1 aromatic carbocycles. The monoisotopic (exact) mass is 279 g/mol. The SMILES string of the molecule is CCCn1ccnc1C(NCC)c1cccc(F)c1F. The molecule has 3 nitrogen and oxygen atoms in total. The van der Waals surface area contributed by atoms with Crippen LogP contribution in [0, 0.1) is 11.6 Å². The average molecular weight is 279 g/mol. The first-order valence-corrected chi connectivity index (χ1v) is 6.87. The molecule has 0 radical (unpaired) electrons. The molecule has 2 rings (SSSR count). The van der Waals surface area contributed by atoms with Crippen LogP contribution in [0.1, 0.15) is 37.7 Å². The zero-order chi connectivity index (χ0) is 14.5. The topological polar surface area (TPSA) is 29.9 Å². The van der Waals surface area contributed by atoms with E-state index in [1.165, 1.54) is 6.07 Å². The molecule has 0 aliphatic heterocycles. The summed E-state index contributed by atoms with van der Waals surface area (Å²) in [5.41, 5.74) is 0.287. The van der Waals surface area contributed by atoms with E-state index in [1.807, 2.05) is 17.7 Å². The first-order valence-electron chi connectivity index (χ1n) is 6.87. The summed E-state index contributed by atoms with van der Waals surface area (Å²) >= 11 is 0. The summed E-state index contributed by atoms with van der Waals surface area (Å²) in [6.45, 7) is 5.43. The van der Waals surface area contributed by atoms with Crippen molar-refractivity contribution in [2.24, 2.45) is 0 Å². The van der Waals surface area contributed by atoms with Crippen molar-refractivity contribution in [1.82, 2.24) is 14.9 Å². The van der Waals surface area contributed by atoms with Gasteiger partial charge in [0.2, 0.25) is 0 Å². The highest BCUT2D eigenvalue weighted by Gasteiger charge is 2.22. The smallest absolute Gasteiger partial charge is 0.164 e. The Kier molecular flexibility index (Phi) is 4.84. The van der Waals surface area contributed by atoms with Gasteiger partial charge in [0.15, 0.2) is 11.6 Å². The third kappa shape index (κ3) is 2.88. The van der Waals surface area contributed by atoms with E-state index in [-0.39, 0.29) is 5.56 Å². The van der Waals surface area contributed by atoms with Crippen LogP contribution in [0.25, 0.3) is 0 Å². The highest BCUT2D eigenvalue weighted by Crippen LogP contribution is 2.25. The van der Waals surface area contributed by atoms with E-state index in [4.69, 9.17) is 0 Å². The van der Waals surface area contributed by atoms with Crippen LogP contribution in [0.3, 0.4) is 0 Å². The number of nitrogens with zero attached hydrogens (tertiary/aromatic N) is 2. The molecule has 20 heavy (non-hydrogen) atoms. The number of benzene rings is 1. The van der Waals surface area contributed by atoms with Gasteiger partial charge >= 0.3 is 0 Å². The van der Waals surface area contributed by atoms with E-state index in [9.17, 15) is 8.78 Å². The maximum absolute atomic E-state index is 14.0. The Balaban J connectivity index is 2.45. The van der Waals surface area contributed by atoms with Crippen molar-refractivity contribution in [1.29, 1.82) is 0 Å². The van der Waals surface area contributed by atoms with Gasteiger partial charge in [-0.05, 0) is 19.0 Å². The molecule has 0 spiro atoms. The van der Waals surface area contributed by atoms with Gasteiger partial charge in [-0.3, -0.25) is 0 Å². The Hall–Kier alpha value is -1.75. The normalized spacial score (nSPS) is 12.6. The number of halogens is 2. The molecular weight excluding hydrogens is 260 g/mol. The molecule has 108 valence electrons. The third-order valence-corrected chi connectivity index (χ3v) is 3.17. The summed E-state index contributed by atoms with van der Waals surface area (Å²) < 4.78 is 29.4. The van der Waals surface area contributed by atoms with Crippen LogP contribution >= 0.6 is 0 Å². The first-order chi connectivity index (χ1) is 9.69. The lowest BCUT2D eigenvalue weighted by Gasteiger charge is -2.20. The second kappa shape index (κ2) is 6.61. The maximum Gasteiger partial charge on any atom is 0.164 e. The summed E-state index contributed by atoms with van der Waals surface area (Å²) in [7, 11) is 0. The van der Waals surface area contributed by atoms with Crippen molar-refractivity contribution < 1.29 is 8.78 Å². The number of nitrogens with one attached hydrogen (secondary N) is 1. The van der Waals surface area contributed by atoms with Crippen molar-refractivity contribution in [3.63, 3.8) is 0 Å². The van der Waals surface area contributed by atoms with E-state index in [2.05, 4.69) is 17.2 Å². The molecule has 5 heteroatoms. The van der Waals surface area contributed by atoms with E-state index in [1.54, 1.807) is 12.3 Å². The molecule has 0 aliphatic carbocycles.